The molecule has 0 aliphatic heterocycles. The molecule has 1 fully saturated rings. The van der Waals surface area contributed by atoms with Crippen molar-refractivity contribution in [1.82, 2.24) is 20.5 Å². The van der Waals surface area contributed by atoms with Crippen LogP contribution in [-0.2, 0) is 0 Å². The molecule has 70 valence electrons. The monoisotopic (exact) mass is 180 g/mol. The first kappa shape index (κ1) is 8.22. The molecule has 1 aromatic rings. The van der Waals surface area contributed by atoms with E-state index >= 15 is 0 Å². The maximum atomic E-state index is 11.2. The first-order chi connectivity index (χ1) is 6.31. The van der Waals surface area contributed by atoms with E-state index in [-0.39, 0.29) is 11.7 Å². The molecule has 0 saturated heterocycles. The number of aromatic amines is 1. The quantitative estimate of drug-likeness (QED) is 0.708. The van der Waals surface area contributed by atoms with Gasteiger partial charge in [0, 0.05) is 12.5 Å². The van der Waals surface area contributed by atoms with E-state index in [2.05, 4.69) is 20.5 Å². The second-order valence-electron chi connectivity index (χ2n) is 3.18. The molecule has 2 rings (SSSR count). The maximum absolute atomic E-state index is 11.2. The smallest absolute Gasteiger partial charge is 0.290 e. The highest BCUT2D eigenvalue weighted by Gasteiger charge is 2.27. The Morgan fingerprint density at radius 1 is 1.69 bits per heavy atom. The molecule has 0 bridgehead atoms. The lowest BCUT2D eigenvalue weighted by molar-refractivity contribution is 0.0946. The normalized spacial score (nSPS) is 15.8. The Hall–Kier alpha value is -1.39. The summed E-state index contributed by atoms with van der Waals surface area (Å²) < 4.78 is 0. The molecular formula is C8H12N4O. The van der Waals surface area contributed by atoms with E-state index in [9.17, 15) is 4.79 Å². The van der Waals surface area contributed by atoms with Crippen molar-refractivity contribution in [1.29, 1.82) is 0 Å². The molecule has 2 N–H and O–H groups in total. The molecule has 0 radical (unpaired) electrons. The van der Waals surface area contributed by atoms with Gasteiger partial charge >= 0.3 is 0 Å². The lowest BCUT2D eigenvalue weighted by Gasteiger charge is -1.94. The summed E-state index contributed by atoms with van der Waals surface area (Å²) in [5, 5.41) is 9.28. The summed E-state index contributed by atoms with van der Waals surface area (Å²) >= 11 is 0. The number of H-pyrrole nitrogens is 1. The van der Waals surface area contributed by atoms with Crippen LogP contribution in [0, 0.1) is 0 Å². The van der Waals surface area contributed by atoms with Crippen LogP contribution in [-0.4, -0.2) is 27.6 Å². The average molecular weight is 180 g/mol. The number of rotatable bonds is 3. The molecule has 5 nitrogen and oxygen atoms in total. The molecule has 5 heteroatoms. The van der Waals surface area contributed by atoms with E-state index in [0.717, 1.165) is 18.7 Å². The van der Waals surface area contributed by atoms with Crippen molar-refractivity contribution in [2.75, 3.05) is 6.54 Å². The van der Waals surface area contributed by atoms with Crippen molar-refractivity contribution in [3.05, 3.63) is 11.6 Å². The molecule has 1 aliphatic rings. The van der Waals surface area contributed by atoms with Gasteiger partial charge < -0.3 is 5.32 Å². The van der Waals surface area contributed by atoms with Gasteiger partial charge in [-0.25, -0.2) is 4.98 Å². The minimum atomic E-state index is -0.203. The number of amides is 1. The van der Waals surface area contributed by atoms with Gasteiger partial charge in [-0.2, -0.15) is 0 Å². The number of aromatic nitrogens is 3. The van der Waals surface area contributed by atoms with Crippen LogP contribution < -0.4 is 5.32 Å². The van der Waals surface area contributed by atoms with Gasteiger partial charge in [-0.15, -0.1) is 5.10 Å². The lowest BCUT2D eigenvalue weighted by atomic mass is 10.4. The summed E-state index contributed by atoms with van der Waals surface area (Å²) in [6.45, 7) is 2.47. The molecule has 1 heterocycles. The Labute approximate surface area is 75.9 Å². The fourth-order valence-electron chi connectivity index (χ4n) is 1.15. The topological polar surface area (TPSA) is 70.7 Å². The number of hydrogen-bond donors (Lipinski definition) is 2. The first-order valence-electron chi connectivity index (χ1n) is 4.51. The summed E-state index contributed by atoms with van der Waals surface area (Å²) in [7, 11) is 0. The van der Waals surface area contributed by atoms with Crippen molar-refractivity contribution >= 4 is 5.91 Å². The van der Waals surface area contributed by atoms with Gasteiger partial charge in [0.15, 0.2) is 0 Å². The van der Waals surface area contributed by atoms with Gasteiger partial charge in [-0.3, -0.25) is 9.89 Å². The zero-order valence-corrected chi connectivity index (χ0v) is 7.50. The van der Waals surface area contributed by atoms with Crippen LogP contribution >= 0.6 is 0 Å². The van der Waals surface area contributed by atoms with Crippen LogP contribution in [0.3, 0.4) is 0 Å². The van der Waals surface area contributed by atoms with Crippen molar-refractivity contribution in [2.45, 2.75) is 25.7 Å². The Morgan fingerprint density at radius 2 is 2.46 bits per heavy atom. The molecular weight excluding hydrogens is 168 g/mol. The molecule has 13 heavy (non-hydrogen) atoms. The predicted molar refractivity (Wildman–Crippen MR) is 46.4 cm³/mol. The maximum Gasteiger partial charge on any atom is 0.290 e. The van der Waals surface area contributed by atoms with Gasteiger partial charge in [0.2, 0.25) is 5.82 Å². The van der Waals surface area contributed by atoms with Gasteiger partial charge in [-0.05, 0) is 19.8 Å². The predicted octanol–water partition coefficient (Wildman–Crippen LogP) is 0.432. The highest BCUT2D eigenvalue weighted by atomic mass is 16.2. The zero-order chi connectivity index (χ0) is 9.26. The van der Waals surface area contributed by atoms with Crippen molar-refractivity contribution in [2.24, 2.45) is 0 Å². The second kappa shape index (κ2) is 3.16. The largest absolute Gasteiger partial charge is 0.350 e. The van der Waals surface area contributed by atoms with E-state index in [1.807, 2.05) is 6.92 Å². The fourth-order valence-corrected chi connectivity index (χ4v) is 1.15. The van der Waals surface area contributed by atoms with Crippen LogP contribution in [0.1, 0.15) is 42.1 Å². The highest BCUT2D eigenvalue weighted by molar-refractivity contribution is 5.90. The molecule has 1 saturated carbocycles. The molecule has 1 amide bonds. The summed E-state index contributed by atoms with van der Waals surface area (Å²) in [6, 6.07) is 0. The standard InChI is InChI=1S/C8H12N4O/c1-2-9-8(13)7-10-6(11-12-7)5-3-4-5/h5H,2-4H2,1H3,(H,9,13)(H,10,11,12). The van der Waals surface area contributed by atoms with Crippen LogP contribution in [0.5, 0.6) is 0 Å². The van der Waals surface area contributed by atoms with E-state index in [1.54, 1.807) is 0 Å². The van der Waals surface area contributed by atoms with Crippen LogP contribution in [0.15, 0.2) is 0 Å². The minimum absolute atomic E-state index is 0.203. The Balaban J connectivity index is 2.07. The van der Waals surface area contributed by atoms with Crippen molar-refractivity contribution in [3.8, 4) is 0 Å². The number of nitrogens with one attached hydrogen (secondary N) is 2. The second-order valence-corrected chi connectivity index (χ2v) is 3.18. The molecule has 0 aromatic carbocycles. The van der Waals surface area contributed by atoms with Crippen LogP contribution in [0.4, 0.5) is 0 Å². The molecule has 0 atom stereocenters. The Bertz CT molecular complexity index is 316. The van der Waals surface area contributed by atoms with E-state index in [4.69, 9.17) is 0 Å². The first-order valence-corrected chi connectivity index (χ1v) is 4.51. The van der Waals surface area contributed by atoms with Gasteiger partial charge in [0.05, 0.1) is 0 Å². The number of carbonyl (C=O) groups excluding carboxylic acids is 1. The summed E-state index contributed by atoms with van der Waals surface area (Å²) in [5.41, 5.74) is 0. The van der Waals surface area contributed by atoms with Gasteiger partial charge in [0.25, 0.3) is 5.91 Å². The molecule has 1 aromatic heterocycles. The molecule has 0 unspecified atom stereocenters. The Kier molecular flexibility index (Phi) is 2.00. The Morgan fingerprint density at radius 3 is 3.08 bits per heavy atom. The highest BCUT2D eigenvalue weighted by Crippen LogP contribution is 2.37. The fraction of sp³-hybridized carbons (Fsp3) is 0.625. The number of hydrogen-bond acceptors (Lipinski definition) is 3. The molecule has 1 aliphatic carbocycles. The SMILES string of the molecule is CCNC(=O)c1n[nH]c(C2CC2)n1. The number of nitrogens with zero attached hydrogens (tertiary/aromatic N) is 2. The average Bonchev–Trinajstić information content (AvgIpc) is 2.84. The van der Waals surface area contributed by atoms with Crippen molar-refractivity contribution < 1.29 is 4.79 Å². The van der Waals surface area contributed by atoms with Crippen LogP contribution in [0.2, 0.25) is 0 Å². The van der Waals surface area contributed by atoms with E-state index in [1.165, 1.54) is 0 Å². The third kappa shape index (κ3) is 1.68. The van der Waals surface area contributed by atoms with Crippen molar-refractivity contribution in [3.63, 3.8) is 0 Å². The van der Waals surface area contributed by atoms with Gasteiger partial charge in [-0.1, -0.05) is 0 Å². The molecule has 0 spiro atoms. The van der Waals surface area contributed by atoms with Gasteiger partial charge in [0.1, 0.15) is 5.82 Å². The minimum Gasteiger partial charge on any atom is -0.350 e. The number of carbonyl (C=O) groups is 1. The third-order valence-corrected chi connectivity index (χ3v) is 2.01. The summed E-state index contributed by atoms with van der Waals surface area (Å²) in [4.78, 5) is 15.4. The lowest BCUT2D eigenvalue weighted by Crippen LogP contribution is -2.23. The van der Waals surface area contributed by atoms with E-state index in [0.29, 0.717) is 12.5 Å². The third-order valence-electron chi connectivity index (χ3n) is 2.01. The summed E-state index contributed by atoms with van der Waals surface area (Å²) in [6.07, 6.45) is 2.31. The summed E-state index contributed by atoms with van der Waals surface area (Å²) in [5.74, 6) is 1.41. The van der Waals surface area contributed by atoms with Crippen LogP contribution in [0.25, 0.3) is 0 Å². The van der Waals surface area contributed by atoms with E-state index < -0.39 is 0 Å². The zero-order valence-electron chi connectivity index (χ0n) is 7.50.